The van der Waals surface area contributed by atoms with Crippen LogP contribution < -0.4 is 4.74 Å². The van der Waals surface area contributed by atoms with E-state index in [1.54, 1.807) is 12.1 Å². The van der Waals surface area contributed by atoms with Crippen molar-refractivity contribution in [2.75, 3.05) is 7.11 Å². The Morgan fingerprint density at radius 2 is 2.00 bits per heavy atom. The molecule has 0 fully saturated rings. The summed E-state index contributed by atoms with van der Waals surface area (Å²) in [4.78, 5) is 12.3. The summed E-state index contributed by atoms with van der Waals surface area (Å²) in [6.07, 6.45) is 1.96. The molecule has 20 heavy (non-hydrogen) atoms. The smallest absolute Gasteiger partial charge is 0.246 e. The van der Waals surface area contributed by atoms with Gasteiger partial charge in [0, 0.05) is 5.56 Å². The van der Waals surface area contributed by atoms with Gasteiger partial charge in [0.15, 0.2) is 17.3 Å². The lowest BCUT2D eigenvalue weighted by Crippen LogP contribution is -2.35. The molecule has 106 valence electrons. The number of ether oxygens (including phenoxy) is 1. The topological polar surface area (TPSA) is 107 Å². The summed E-state index contributed by atoms with van der Waals surface area (Å²) in [6.45, 7) is 0. The second-order valence-corrected chi connectivity index (χ2v) is 4.39. The Hall–Kier alpha value is -2.31. The minimum atomic E-state index is -2.66. The molecule has 2 rings (SSSR count). The van der Waals surface area contributed by atoms with E-state index in [0.717, 1.165) is 12.2 Å². The van der Waals surface area contributed by atoms with Crippen LogP contribution in [-0.2, 0) is 0 Å². The number of hydrogen-bond acceptors (Lipinski definition) is 6. The fourth-order valence-corrected chi connectivity index (χ4v) is 1.90. The first-order chi connectivity index (χ1) is 9.36. The highest BCUT2D eigenvalue weighted by Gasteiger charge is 2.38. The molecule has 4 N–H and O–H groups in total. The van der Waals surface area contributed by atoms with Crippen LogP contribution in [0.5, 0.6) is 5.75 Å². The van der Waals surface area contributed by atoms with Crippen LogP contribution in [0.3, 0.4) is 0 Å². The van der Waals surface area contributed by atoms with E-state index < -0.39 is 29.0 Å². The third-order valence-electron chi connectivity index (χ3n) is 3.04. The molecule has 0 aromatic heterocycles. The number of benzene rings is 1. The second kappa shape index (κ2) is 4.99. The normalized spacial score (nSPS) is 20.9. The van der Waals surface area contributed by atoms with Gasteiger partial charge in [0.1, 0.15) is 11.7 Å². The summed E-state index contributed by atoms with van der Waals surface area (Å²) in [5.41, 5.74) is 0.265. The van der Waals surface area contributed by atoms with E-state index in [2.05, 4.69) is 0 Å². The number of rotatable bonds is 3. The molecule has 6 heteroatoms. The van der Waals surface area contributed by atoms with Crippen LogP contribution in [0.4, 0.5) is 0 Å². The maximum Gasteiger partial charge on any atom is 0.246 e. The van der Waals surface area contributed by atoms with Gasteiger partial charge in [-0.25, -0.2) is 0 Å². The molecule has 0 saturated heterocycles. The average Bonchev–Trinajstić information content (AvgIpc) is 2.44. The molecule has 6 nitrogen and oxygen atoms in total. The van der Waals surface area contributed by atoms with Crippen molar-refractivity contribution >= 4 is 5.78 Å². The van der Waals surface area contributed by atoms with Crippen molar-refractivity contribution < 1.29 is 30.0 Å². The SMILES string of the molecule is COc1cccc(C(=O)C2C=CC(O)(O)C(O)=C2O)c1. The van der Waals surface area contributed by atoms with Gasteiger partial charge in [0.05, 0.1) is 7.11 Å². The zero-order valence-corrected chi connectivity index (χ0v) is 10.6. The first-order valence-corrected chi connectivity index (χ1v) is 5.81. The zero-order chi connectivity index (χ0) is 14.9. The Balaban J connectivity index is 2.35. The number of carbonyl (C=O) groups is 1. The molecule has 0 heterocycles. The Morgan fingerprint density at radius 3 is 2.65 bits per heavy atom. The fourth-order valence-electron chi connectivity index (χ4n) is 1.90. The van der Waals surface area contributed by atoms with E-state index in [1.807, 2.05) is 0 Å². The van der Waals surface area contributed by atoms with Crippen molar-refractivity contribution in [1.29, 1.82) is 0 Å². The predicted octanol–water partition coefficient (Wildman–Crippen LogP) is 1.07. The van der Waals surface area contributed by atoms with Crippen LogP contribution in [0.25, 0.3) is 0 Å². The number of Topliss-reactive ketones (excluding diaryl/α,β-unsaturated/α-hetero) is 1. The molecule has 1 aliphatic carbocycles. The Bertz CT molecular complexity index is 599. The third kappa shape index (κ3) is 2.38. The highest BCUT2D eigenvalue weighted by molar-refractivity contribution is 6.01. The lowest BCUT2D eigenvalue weighted by atomic mass is 9.89. The highest BCUT2D eigenvalue weighted by atomic mass is 16.5. The van der Waals surface area contributed by atoms with Crippen molar-refractivity contribution in [2.45, 2.75) is 5.79 Å². The Morgan fingerprint density at radius 1 is 1.30 bits per heavy atom. The van der Waals surface area contributed by atoms with Crippen molar-refractivity contribution in [3.63, 3.8) is 0 Å². The van der Waals surface area contributed by atoms with Crippen LogP contribution in [0.1, 0.15) is 10.4 Å². The molecule has 0 spiro atoms. The Labute approximate surface area is 114 Å². The molecule has 1 aromatic carbocycles. The van der Waals surface area contributed by atoms with Gasteiger partial charge < -0.3 is 25.2 Å². The number of aliphatic hydroxyl groups excluding tert-OH is 2. The van der Waals surface area contributed by atoms with Crippen molar-refractivity contribution in [3.05, 3.63) is 53.5 Å². The van der Waals surface area contributed by atoms with Gasteiger partial charge in [-0.05, 0) is 18.2 Å². The van der Waals surface area contributed by atoms with Gasteiger partial charge in [0.25, 0.3) is 0 Å². The number of hydrogen-bond donors (Lipinski definition) is 4. The van der Waals surface area contributed by atoms with Crippen molar-refractivity contribution in [2.24, 2.45) is 5.92 Å². The van der Waals surface area contributed by atoms with Gasteiger partial charge in [-0.15, -0.1) is 0 Å². The maximum absolute atomic E-state index is 12.3. The quantitative estimate of drug-likeness (QED) is 0.374. The van der Waals surface area contributed by atoms with Gasteiger partial charge in [-0.1, -0.05) is 18.2 Å². The van der Waals surface area contributed by atoms with E-state index in [-0.39, 0.29) is 5.56 Å². The number of ketones is 1. The zero-order valence-electron chi connectivity index (χ0n) is 10.6. The van der Waals surface area contributed by atoms with E-state index in [9.17, 15) is 25.2 Å². The van der Waals surface area contributed by atoms with Gasteiger partial charge in [-0.2, -0.15) is 0 Å². The first-order valence-electron chi connectivity index (χ1n) is 5.81. The van der Waals surface area contributed by atoms with Crippen molar-refractivity contribution in [1.82, 2.24) is 0 Å². The lowest BCUT2D eigenvalue weighted by Gasteiger charge is -2.25. The van der Waals surface area contributed by atoms with Gasteiger partial charge in [0.2, 0.25) is 5.79 Å². The van der Waals surface area contributed by atoms with Crippen LogP contribution in [0, 0.1) is 5.92 Å². The van der Waals surface area contributed by atoms with E-state index in [4.69, 9.17) is 4.74 Å². The van der Waals surface area contributed by atoms with Gasteiger partial charge >= 0.3 is 0 Å². The van der Waals surface area contributed by atoms with E-state index in [1.165, 1.54) is 19.2 Å². The highest BCUT2D eigenvalue weighted by Crippen LogP contribution is 2.30. The number of aliphatic hydroxyl groups is 4. The number of methoxy groups -OCH3 is 1. The van der Waals surface area contributed by atoms with E-state index >= 15 is 0 Å². The van der Waals surface area contributed by atoms with Gasteiger partial charge in [-0.3, -0.25) is 4.79 Å². The summed E-state index contributed by atoms with van der Waals surface area (Å²) in [6, 6.07) is 6.29. The largest absolute Gasteiger partial charge is 0.507 e. The Kier molecular flexibility index (Phi) is 3.52. The summed E-state index contributed by atoms with van der Waals surface area (Å²) in [7, 11) is 1.46. The lowest BCUT2D eigenvalue weighted by molar-refractivity contribution is -0.117. The van der Waals surface area contributed by atoms with Crippen LogP contribution >= 0.6 is 0 Å². The average molecular weight is 278 g/mol. The first kappa shape index (κ1) is 14.1. The fraction of sp³-hybridized carbons (Fsp3) is 0.214. The van der Waals surface area contributed by atoms with Crippen LogP contribution in [0.15, 0.2) is 47.9 Å². The van der Waals surface area contributed by atoms with Crippen molar-refractivity contribution in [3.8, 4) is 5.75 Å². The number of allylic oxidation sites excluding steroid dienone is 1. The predicted molar refractivity (Wildman–Crippen MR) is 69.4 cm³/mol. The van der Waals surface area contributed by atoms with Crippen LogP contribution in [0.2, 0.25) is 0 Å². The molecule has 0 aliphatic heterocycles. The summed E-state index contributed by atoms with van der Waals surface area (Å²) < 4.78 is 5.00. The monoisotopic (exact) mass is 278 g/mol. The molecule has 1 aromatic rings. The standard InChI is InChI=1S/C14H14O6/c1-20-9-4-2-3-8(7-9)11(15)10-5-6-14(18,19)13(17)12(10)16/h2-7,10,16-19H,1H3. The van der Waals surface area contributed by atoms with E-state index in [0.29, 0.717) is 5.75 Å². The summed E-state index contributed by atoms with van der Waals surface area (Å²) in [5.74, 6) is -5.70. The summed E-state index contributed by atoms with van der Waals surface area (Å²) >= 11 is 0. The molecule has 1 aliphatic rings. The summed E-state index contributed by atoms with van der Waals surface area (Å²) in [5, 5.41) is 37.9. The molecule has 1 atom stereocenters. The van der Waals surface area contributed by atoms with Crippen LogP contribution in [-0.4, -0.2) is 39.1 Å². The maximum atomic E-state index is 12.3. The molecule has 1 unspecified atom stereocenters. The number of carbonyl (C=O) groups excluding carboxylic acids is 1. The molecular weight excluding hydrogens is 264 g/mol. The molecule has 0 radical (unpaired) electrons. The molecule has 0 saturated carbocycles. The minimum Gasteiger partial charge on any atom is -0.507 e. The molecular formula is C14H14O6. The molecule has 0 amide bonds. The minimum absolute atomic E-state index is 0.265. The third-order valence-corrected chi connectivity index (χ3v) is 3.04. The molecule has 0 bridgehead atoms. The second-order valence-electron chi connectivity index (χ2n) is 4.39.